The molecule has 84 valence electrons. The maximum Gasteiger partial charge on any atom is 0.240 e. The minimum Gasteiger partial charge on any atom is -0.374 e. The zero-order valence-corrected chi connectivity index (χ0v) is 8.26. The first-order valence-electron chi connectivity index (χ1n) is 4.46. The summed E-state index contributed by atoms with van der Waals surface area (Å²) in [5, 5.41) is 12.9. The van der Waals surface area contributed by atoms with E-state index in [1.807, 2.05) is 0 Å². The molecule has 0 saturated heterocycles. The first kappa shape index (κ1) is 11.9. The van der Waals surface area contributed by atoms with E-state index in [1.165, 1.54) is 0 Å². The highest BCUT2D eigenvalue weighted by Crippen LogP contribution is 2.14. The second-order valence-corrected chi connectivity index (χ2v) is 2.91. The van der Waals surface area contributed by atoms with Crippen molar-refractivity contribution < 1.29 is 13.6 Å². The van der Waals surface area contributed by atoms with Crippen LogP contribution in [0.5, 0.6) is 0 Å². The lowest BCUT2D eigenvalue weighted by atomic mass is 10.3. The number of amides is 1. The van der Waals surface area contributed by atoms with Gasteiger partial charge in [0.25, 0.3) is 0 Å². The highest BCUT2D eigenvalue weighted by atomic mass is 19.1. The van der Waals surface area contributed by atoms with Gasteiger partial charge in [-0.1, -0.05) is 0 Å². The van der Waals surface area contributed by atoms with Crippen molar-refractivity contribution in [2.24, 2.45) is 0 Å². The summed E-state index contributed by atoms with van der Waals surface area (Å²) in [5.41, 5.74) is -0.0906. The summed E-state index contributed by atoms with van der Waals surface area (Å²) in [4.78, 5) is 11.0. The van der Waals surface area contributed by atoms with Crippen LogP contribution in [0.4, 0.5) is 14.5 Å². The minimum atomic E-state index is -0.644. The smallest absolute Gasteiger partial charge is 0.240 e. The molecule has 0 spiro atoms. The van der Waals surface area contributed by atoms with E-state index >= 15 is 0 Å². The van der Waals surface area contributed by atoms with Crippen LogP contribution >= 0.6 is 0 Å². The fourth-order valence-electron chi connectivity index (χ4n) is 1.01. The first-order valence-corrected chi connectivity index (χ1v) is 4.46. The van der Waals surface area contributed by atoms with Crippen LogP contribution in [0.3, 0.4) is 0 Å². The molecule has 0 radical (unpaired) electrons. The van der Waals surface area contributed by atoms with Gasteiger partial charge in [0.15, 0.2) is 0 Å². The van der Waals surface area contributed by atoms with Crippen LogP contribution in [0, 0.1) is 23.0 Å². The summed E-state index contributed by atoms with van der Waals surface area (Å²) in [5.74, 6) is -1.71. The molecule has 1 rings (SSSR count). The van der Waals surface area contributed by atoms with Gasteiger partial charge in [0, 0.05) is 0 Å². The molecule has 0 bridgehead atoms. The average molecular weight is 225 g/mol. The van der Waals surface area contributed by atoms with Crippen LogP contribution in [0.2, 0.25) is 0 Å². The van der Waals surface area contributed by atoms with Crippen LogP contribution in [-0.2, 0) is 4.79 Å². The number of hydrogen-bond acceptors (Lipinski definition) is 3. The van der Waals surface area contributed by atoms with Crippen molar-refractivity contribution in [3.63, 3.8) is 0 Å². The fraction of sp³-hybridized carbons (Fsp3) is 0.200. The number of rotatable bonds is 4. The van der Waals surface area contributed by atoms with Gasteiger partial charge in [-0.05, 0) is 18.2 Å². The molecule has 6 heteroatoms. The molecule has 0 unspecified atom stereocenters. The summed E-state index contributed by atoms with van der Waals surface area (Å²) in [6.07, 6.45) is 0. The zero-order valence-electron chi connectivity index (χ0n) is 8.26. The van der Waals surface area contributed by atoms with Gasteiger partial charge in [-0.25, -0.2) is 8.78 Å². The average Bonchev–Trinajstić information content (AvgIpc) is 2.27. The zero-order chi connectivity index (χ0) is 12.0. The van der Waals surface area contributed by atoms with Crippen LogP contribution in [0.25, 0.3) is 0 Å². The molecule has 0 atom stereocenters. The molecular weight excluding hydrogens is 216 g/mol. The molecule has 0 aliphatic carbocycles. The Kier molecular flexibility index (Phi) is 4.21. The Bertz CT molecular complexity index is 429. The van der Waals surface area contributed by atoms with Gasteiger partial charge in [-0.3, -0.25) is 4.79 Å². The number of carbonyl (C=O) groups excluding carboxylic acids is 1. The molecule has 2 N–H and O–H groups in total. The van der Waals surface area contributed by atoms with Crippen molar-refractivity contribution in [2.45, 2.75) is 0 Å². The molecule has 0 fully saturated rings. The Morgan fingerprint density at radius 1 is 1.44 bits per heavy atom. The lowest BCUT2D eigenvalue weighted by Crippen LogP contribution is -2.30. The highest BCUT2D eigenvalue weighted by Gasteiger charge is 2.05. The molecule has 1 amide bonds. The lowest BCUT2D eigenvalue weighted by molar-refractivity contribution is -0.119. The number of halogens is 2. The number of nitrogens with zero attached hydrogens (tertiary/aromatic N) is 1. The Labute approximate surface area is 90.9 Å². The Balaban J connectivity index is 2.51. The molecule has 4 nitrogen and oxygen atoms in total. The Morgan fingerprint density at radius 2 is 2.19 bits per heavy atom. The molecular formula is C10H9F2N3O. The molecule has 16 heavy (non-hydrogen) atoms. The van der Waals surface area contributed by atoms with E-state index in [9.17, 15) is 13.6 Å². The van der Waals surface area contributed by atoms with Crippen LogP contribution < -0.4 is 10.6 Å². The number of nitriles is 1. The largest absolute Gasteiger partial charge is 0.374 e. The van der Waals surface area contributed by atoms with Gasteiger partial charge in [0.1, 0.15) is 18.2 Å². The molecule has 0 saturated carbocycles. The van der Waals surface area contributed by atoms with Gasteiger partial charge < -0.3 is 10.6 Å². The Hall–Kier alpha value is -2.16. The first-order chi connectivity index (χ1) is 7.63. The monoisotopic (exact) mass is 225 g/mol. The van der Waals surface area contributed by atoms with E-state index in [-0.39, 0.29) is 18.8 Å². The van der Waals surface area contributed by atoms with Crippen molar-refractivity contribution in [3.05, 3.63) is 29.8 Å². The van der Waals surface area contributed by atoms with Gasteiger partial charge in [0.2, 0.25) is 5.91 Å². The van der Waals surface area contributed by atoms with E-state index in [0.29, 0.717) is 0 Å². The topological polar surface area (TPSA) is 64.9 Å². The second kappa shape index (κ2) is 5.66. The van der Waals surface area contributed by atoms with E-state index < -0.39 is 17.5 Å². The number of anilines is 1. The Morgan fingerprint density at radius 3 is 2.88 bits per heavy atom. The number of benzene rings is 1. The predicted octanol–water partition coefficient (Wildman–Crippen LogP) is 1.02. The molecule has 0 aliphatic heterocycles. The van der Waals surface area contributed by atoms with E-state index in [1.54, 1.807) is 6.07 Å². The van der Waals surface area contributed by atoms with Crippen LogP contribution in [-0.4, -0.2) is 19.0 Å². The van der Waals surface area contributed by atoms with Gasteiger partial charge in [0.05, 0.1) is 18.3 Å². The van der Waals surface area contributed by atoms with Crippen LogP contribution in [0.1, 0.15) is 0 Å². The lowest BCUT2D eigenvalue weighted by Gasteiger charge is -2.06. The van der Waals surface area contributed by atoms with Crippen molar-refractivity contribution >= 4 is 11.6 Å². The number of hydrogen-bond donors (Lipinski definition) is 2. The SMILES string of the molecule is N#CCNC(=O)CNc1cc(F)ccc1F. The number of nitrogens with one attached hydrogen (secondary N) is 2. The summed E-state index contributed by atoms with van der Waals surface area (Å²) < 4.78 is 25.8. The fourth-order valence-corrected chi connectivity index (χ4v) is 1.01. The third-order valence-corrected chi connectivity index (χ3v) is 1.73. The second-order valence-electron chi connectivity index (χ2n) is 2.91. The quantitative estimate of drug-likeness (QED) is 0.752. The van der Waals surface area contributed by atoms with E-state index in [4.69, 9.17) is 5.26 Å². The standard InChI is InChI=1S/C10H9F2N3O/c11-7-1-2-8(12)9(5-7)15-6-10(16)14-4-3-13/h1-2,5,15H,4,6H2,(H,14,16). The normalized spacial score (nSPS) is 9.31. The predicted molar refractivity (Wildman–Crippen MR) is 53.5 cm³/mol. The van der Waals surface area contributed by atoms with E-state index in [2.05, 4.69) is 10.6 Å². The highest BCUT2D eigenvalue weighted by molar-refractivity contribution is 5.80. The maximum atomic E-state index is 13.1. The van der Waals surface area contributed by atoms with Crippen molar-refractivity contribution in [3.8, 4) is 6.07 Å². The summed E-state index contributed by atoms with van der Waals surface area (Å²) in [7, 11) is 0. The van der Waals surface area contributed by atoms with Crippen molar-refractivity contribution in [1.29, 1.82) is 5.26 Å². The molecule has 0 aliphatic rings. The third-order valence-electron chi connectivity index (χ3n) is 1.73. The van der Waals surface area contributed by atoms with Crippen molar-refractivity contribution in [1.82, 2.24) is 5.32 Å². The third kappa shape index (κ3) is 3.53. The molecule has 1 aromatic rings. The van der Waals surface area contributed by atoms with E-state index in [0.717, 1.165) is 18.2 Å². The number of carbonyl (C=O) groups is 1. The van der Waals surface area contributed by atoms with Crippen LogP contribution in [0.15, 0.2) is 18.2 Å². The molecule has 1 aromatic carbocycles. The molecule has 0 aromatic heterocycles. The van der Waals surface area contributed by atoms with Gasteiger partial charge >= 0.3 is 0 Å². The summed E-state index contributed by atoms with van der Waals surface area (Å²) in [6, 6.07) is 4.62. The van der Waals surface area contributed by atoms with Gasteiger partial charge in [-0.15, -0.1) is 0 Å². The summed E-state index contributed by atoms with van der Waals surface area (Å²) in [6.45, 7) is -0.339. The van der Waals surface area contributed by atoms with Gasteiger partial charge in [-0.2, -0.15) is 5.26 Å². The maximum absolute atomic E-state index is 13.1. The van der Waals surface area contributed by atoms with Crippen molar-refractivity contribution in [2.75, 3.05) is 18.4 Å². The minimum absolute atomic E-state index is 0.0906. The molecule has 0 heterocycles. The summed E-state index contributed by atoms with van der Waals surface area (Å²) >= 11 is 0.